The second-order valence-electron chi connectivity index (χ2n) is 5.23. The van der Waals surface area contributed by atoms with Crippen molar-refractivity contribution in [2.75, 3.05) is 19.8 Å². The molecule has 1 aromatic carbocycles. The van der Waals surface area contributed by atoms with E-state index in [2.05, 4.69) is 30.3 Å². The van der Waals surface area contributed by atoms with Crippen LogP contribution in [0.4, 0.5) is 0 Å². The van der Waals surface area contributed by atoms with Crippen molar-refractivity contribution in [1.82, 2.24) is 5.32 Å². The van der Waals surface area contributed by atoms with Crippen LogP contribution in [-0.4, -0.2) is 25.8 Å². The van der Waals surface area contributed by atoms with E-state index in [4.69, 9.17) is 10.1 Å². The molecule has 2 heteroatoms. The van der Waals surface area contributed by atoms with Gasteiger partial charge in [0.05, 0.1) is 6.61 Å². The molecule has 3 atom stereocenters. The number of hydrogen-bond donors (Lipinski definition) is 0. The summed E-state index contributed by atoms with van der Waals surface area (Å²) >= 11 is 0. The van der Waals surface area contributed by atoms with E-state index in [1.165, 1.54) is 24.8 Å². The number of ether oxygens (including phenoxy) is 1. The zero-order valence-corrected chi connectivity index (χ0v) is 10.2. The summed E-state index contributed by atoms with van der Waals surface area (Å²) in [5, 5.41) is 4.81. The molecule has 1 aromatic rings. The molecule has 0 aliphatic carbocycles. The van der Waals surface area contributed by atoms with Crippen LogP contribution in [0.2, 0.25) is 0 Å². The molecule has 2 fully saturated rings. The van der Waals surface area contributed by atoms with Crippen molar-refractivity contribution >= 4 is 0 Å². The molecule has 0 N–H and O–H groups in total. The van der Waals surface area contributed by atoms with Crippen LogP contribution in [0, 0.1) is 5.92 Å². The highest BCUT2D eigenvalue weighted by molar-refractivity contribution is 5.20. The van der Waals surface area contributed by atoms with Gasteiger partial charge in [-0.3, -0.25) is 0 Å². The minimum absolute atomic E-state index is 0.538. The third-order valence-corrected chi connectivity index (χ3v) is 4.15. The first-order valence-electron chi connectivity index (χ1n) is 6.73. The van der Waals surface area contributed by atoms with Gasteiger partial charge in [-0.1, -0.05) is 30.3 Å². The van der Waals surface area contributed by atoms with Crippen molar-refractivity contribution in [1.29, 1.82) is 0 Å². The van der Waals surface area contributed by atoms with Crippen molar-refractivity contribution in [3.63, 3.8) is 0 Å². The van der Waals surface area contributed by atoms with Crippen LogP contribution in [0.3, 0.4) is 0 Å². The van der Waals surface area contributed by atoms with Gasteiger partial charge in [-0.05, 0) is 30.7 Å². The molecule has 2 aliphatic rings. The number of nitrogens with zero attached hydrogens (tertiary/aromatic N) is 1. The Balaban J connectivity index is 1.67. The van der Waals surface area contributed by atoms with Gasteiger partial charge in [0.25, 0.3) is 0 Å². The molecule has 2 heterocycles. The SMILES string of the molecule is c1ccc(C2CC[N]C([C@H]3CCOC3)C2)cc1. The number of rotatable bonds is 2. The van der Waals surface area contributed by atoms with Gasteiger partial charge >= 0.3 is 0 Å². The van der Waals surface area contributed by atoms with E-state index >= 15 is 0 Å². The number of hydrogen-bond acceptors (Lipinski definition) is 1. The Morgan fingerprint density at radius 3 is 2.76 bits per heavy atom. The van der Waals surface area contributed by atoms with Crippen LogP contribution in [-0.2, 0) is 4.74 Å². The van der Waals surface area contributed by atoms with Gasteiger partial charge < -0.3 is 4.74 Å². The van der Waals surface area contributed by atoms with Gasteiger partial charge in [0.15, 0.2) is 0 Å². The van der Waals surface area contributed by atoms with Crippen molar-refractivity contribution in [3.05, 3.63) is 35.9 Å². The zero-order chi connectivity index (χ0) is 11.5. The maximum Gasteiger partial charge on any atom is 0.0510 e. The predicted molar refractivity (Wildman–Crippen MR) is 68.1 cm³/mol. The summed E-state index contributed by atoms with van der Waals surface area (Å²) < 4.78 is 5.49. The molecule has 2 aliphatic heterocycles. The lowest BCUT2D eigenvalue weighted by Crippen LogP contribution is -2.38. The maximum atomic E-state index is 5.49. The molecule has 0 spiro atoms. The van der Waals surface area contributed by atoms with Gasteiger partial charge in [0.1, 0.15) is 0 Å². The molecule has 2 unspecified atom stereocenters. The molecule has 2 nitrogen and oxygen atoms in total. The fourth-order valence-corrected chi connectivity index (χ4v) is 3.11. The Morgan fingerprint density at radius 1 is 1.12 bits per heavy atom. The first-order chi connectivity index (χ1) is 8.43. The second kappa shape index (κ2) is 5.19. The quantitative estimate of drug-likeness (QED) is 0.766. The Bertz CT molecular complexity index is 345. The van der Waals surface area contributed by atoms with Crippen LogP contribution >= 0.6 is 0 Å². The minimum Gasteiger partial charge on any atom is -0.381 e. The van der Waals surface area contributed by atoms with Gasteiger partial charge in [0, 0.05) is 25.1 Å². The van der Waals surface area contributed by atoms with E-state index in [1.807, 2.05) is 0 Å². The predicted octanol–water partition coefficient (Wildman–Crippen LogP) is 2.57. The third kappa shape index (κ3) is 2.53. The van der Waals surface area contributed by atoms with Gasteiger partial charge in [-0.15, -0.1) is 0 Å². The Labute approximate surface area is 103 Å². The largest absolute Gasteiger partial charge is 0.381 e. The lowest BCUT2D eigenvalue weighted by Gasteiger charge is -2.32. The minimum atomic E-state index is 0.538. The van der Waals surface area contributed by atoms with Crippen molar-refractivity contribution in [2.45, 2.75) is 31.2 Å². The van der Waals surface area contributed by atoms with Crippen LogP contribution in [0.15, 0.2) is 30.3 Å². The standard InChI is InChI=1S/C15H20NO/c1-2-4-12(5-3-1)13-6-8-16-15(10-13)14-7-9-17-11-14/h1-5,13-15H,6-11H2/t13?,14-,15?/m0/s1. The van der Waals surface area contributed by atoms with E-state index in [0.717, 1.165) is 19.8 Å². The molecule has 1 radical (unpaired) electrons. The van der Waals surface area contributed by atoms with Crippen LogP contribution in [0.25, 0.3) is 0 Å². The van der Waals surface area contributed by atoms with Crippen LogP contribution in [0.1, 0.15) is 30.7 Å². The Morgan fingerprint density at radius 2 is 2.00 bits per heavy atom. The Kier molecular flexibility index (Phi) is 3.44. The zero-order valence-electron chi connectivity index (χ0n) is 10.2. The molecular weight excluding hydrogens is 210 g/mol. The van der Waals surface area contributed by atoms with E-state index in [-0.39, 0.29) is 0 Å². The molecule has 17 heavy (non-hydrogen) atoms. The van der Waals surface area contributed by atoms with E-state index < -0.39 is 0 Å². The van der Waals surface area contributed by atoms with Crippen molar-refractivity contribution in [2.24, 2.45) is 5.92 Å². The number of benzene rings is 1. The smallest absolute Gasteiger partial charge is 0.0510 e. The van der Waals surface area contributed by atoms with Crippen LogP contribution < -0.4 is 5.32 Å². The summed E-state index contributed by atoms with van der Waals surface area (Å²) in [5.74, 6) is 1.39. The summed E-state index contributed by atoms with van der Waals surface area (Å²) in [7, 11) is 0. The normalized spacial score (nSPS) is 33.8. The monoisotopic (exact) mass is 230 g/mol. The van der Waals surface area contributed by atoms with E-state index in [0.29, 0.717) is 17.9 Å². The first-order valence-corrected chi connectivity index (χ1v) is 6.73. The maximum absolute atomic E-state index is 5.49. The summed E-state index contributed by atoms with van der Waals surface area (Å²) in [6.07, 6.45) is 3.64. The summed E-state index contributed by atoms with van der Waals surface area (Å²) in [4.78, 5) is 0. The fraction of sp³-hybridized carbons (Fsp3) is 0.600. The first kappa shape index (κ1) is 11.2. The average Bonchev–Trinajstić information content (AvgIpc) is 2.94. The Hall–Kier alpha value is -0.860. The lowest BCUT2D eigenvalue weighted by molar-refractivity contribution is 0.168. The molecule has 91 valence electrons. The summed E-state index contributed by atoms with van der Waals surface area (Å²) in [6, 6.07) is 11.5. The molecule has 0 amide bonds. The number of piperidine rings is 1. The van der Waals surface area contributed by atoms with E-state index in [1.54, 1.807) is 0 Å². The second-order valence-corrected chi connectivity index (χ2v) is 5.23. The van der Waals surface area contributed by atoms with Crippen LogP contribution in [0.5, 0.6) is 0 Å². The third-order valence-electron chi connectivity index (χ3n) is 4.15. The molecule has 2 saturated heterocycles. The molecule has 3 rings (SSSR count). The molecule has 0 bridgehead atoms. The van der Waals surface area contributed by atoms with E-state index in [9.17, 15) is 0 Å². The highest BCUT2D eigenvalue weighted by atomic mass is 16.5. The van der Waals surface area contributed by atoms with Crippen molar-refractivity contribution < 1.29 is 4.74 Å². The average molecular weight is 230 g/mol. The fourth-order valence-electron chi connectivity index (χ4n) is 3.11. The van der Waals surface area contributed by atoms with Gasteiger partial charge in [0.2, 0.25) is 0 Å². The lowest BCUT2D eigenvalue weighted by atomic mass is 9.81. The highest BCUT2D eigenvalue weighted by Gasteiger charge is 2.31. The highest BCUT2D eigenvalue weighted by Crippen LogP contribution is 2.32. The summed E-state index contributed by atoms with van der Waals surface area (Å²) in [6.45, 7) is 2.89. The molecule has 0 aromatic heterocycles. The van der Waals surface area contributed by atoms with Gasteiger partial charge in [-0.25, -0.2) is 5.32 Å². The topological polar surface area (TPSA) is 23.3 Å². The molecular formula is C15H20NO. The van der Waals surface area contributed by atoms with Gasteiger partial charge in [-0.2, -0.15) is 0 Å². The summed E-state index contributed by atoms with van der Waals surface area (Å²) in [5.41, 5.74) is 1.49. The van der Waals surface area contributed by atoms with Crippen molar-refractivity contribution in [3.8, 4) is 0 Å². The molecule has 0 saturated carbocycles.